The molecule has 0 fully saturated rings. The monoisotopic (exact) mass is 390 g/mol. The van der Waals surface area contributed by atoms with Crippen molar-refractivity contribution in [3.63, 3.8) is 0 Å². The number of hydrogen-bond donors (Lipinski definition) is 3. The van der Waals surface area contributed by atoms with Gasteiger partial charge in [0.25, 0.3) is 0 Å². The summed E-state index contributed by atoms with van der Waals surface area (Å²) in [6, 6.07) is 13.8. The zero-order valence-electron chi connectivity index (χ0n) is 15.6. The Bertz CT molecular complexity index is 867. The lowest BCUT2D eigenvalue weighted by molar-refractivity contribution is 0.0697. The van der Waals surface area contributed by atoms with Crippen molar-refractivity contribution in [1.82, 2.24) is 4.72 Å². The van der Waals surface area contributed by atoms with Crippen molar-refractivity contribution in [3.05, 3.63) is 59.7 Å². The first-order valence-electron chi connectivity index (χ1n) is 9.01. The molecule has 0 saturated heterocycles. The summed E-state index contributed by atoms with van der Waals surface area (Å²) in [5.74, 6) is -1.16. The van der Waals surface area contributed by atoms with E-state index in [4.69, 9.17) is 0 Å². The Morgan fingerprint density at radius 2 is 1.85 bits per heavy atom. The number of rotatable bonds is 10. The summed E-state index contributed by atoms with van der Waals surface area (Å²) in [6.45, 7) is 4.25. The number of carboxylic acid groups (broad SMARTS) is 1. The maximum Gasteiger partial charge on any atom is 0.337 e. The average molecular weight is 391 g/mol. The number of benzene rings is 2. The van der Waals surface area contributed by atoms with Gasteiger partial charge in [-0.25, -0.2) is 17.9 Å². The van der Waals surface area contributed by atoms with Crippen molar-refractivity contribution in [2.45, 2.75) is 44.0 Å². The first-order chi connectivity index (χ1) is 12.8. The molecule has 6 nitrogen and oxygen atoms in total. The van der Waals surface area contributed by atoms with Crippen LogP contribution in [0, 0.1) is 0 Å². The number of carbonyl (C=O) groups is 1. The van der Waals surface area contributed by atoms with E-state index in [1.807, 2.05) is 44.2 Å². The molecule has 146 valence electrons. The Balaban J connectivity index is 2.13. The molecule has 0 aliphatic carbocycles. The number of anilines is 1. The Hall–Kier alpha value is -2.38. The van der Waals surface area contributed by atoms with Gasteiger partial charge in [0.1, 0.15) is 0 Å². The first-order valence-corrected chi connectivity index (χ1v) is 10.5. The highest BCUT2D eigenvalue weighted by Gasteiger charge is 2.19. The van der Waals surface area contributed by atoms with Gasteiger partial charge >= 0.3 is 5.97 Å². The summed E-state index contributed by atoms with van der Waals surface area (Å²) in [6.07, 6.45) is 2.41. The molecule has 3 N–H and O–H groups in total. The van der Waals surface area contributed by atoms with Gasteiger partial charge in [0.05, 0.1) is 10.5 Å². The SMILES string of the molecule is CCCC(C)Nc1ccc(S(=O)(=O)NCCc2ccccc2)cc1C(=O)O. The van der Waals surface area contributed by atoms with Crippen LogP contribution >= 0.6 is 0 Å². The minimum absolute atomic E-state index is 0.0520. The van der Waals surface area contributed by atoms with Crippen LogP contribution in [0.1, 0.15) is 42.6 Å². The van der Waals surface area contributed by atoms with E-state index in [1.54, 1.807) is 0 Å². The predicted molar refractivity (Wildman–Crippen MR) is 107 cm³/mol. The number of hydrogen-bond acceptors (Lipinski definition) is 4. The summed E-state index contributed by atoms with van der Waals surface area (Å²) in [5, 5.41) is 12.6. The Kier molecular flexibility index (Phi) is 7.38. The Morgan fingerprint density at radius 3 is 2.48 bits per heavy atom. The molecule has 0 aliphatic heterocycles. The number of nitrogens with one attached hydrogen (secondary N) is 2. The van der Waals surface area contributed by atoms with Gasteiger partial charge in [-0.1, -0.05) is 43.7 Å². The summed E-state index contributed by atoms with van der Waals surface area (Å²) < 4.78 is 27.5. The lowest BCUT2D eigenvalue weighted by atomic mass is 10.1. The van der Waals surface area contributed by atoms with Crippen LogP contribution in [0.2, 0.25) is 0 Å². The summed E-state index contributed by atoms with van der Waals surface area (Å²) in [5.41, 5.74) is 1.39. The maximum absolute atomic E-state index is 12.5. The molecule has 27 heavy (non-hydrogen) atoms. The second-order valence-corrected chi connectivity index (χ2v) is 8.25. The molecule has 0 aliphatic rings. The van der Waals surface area contributed by atoms with Gasteiger partial charge in [-0.05, 0) is 43.5 Å². The van der Waals surface area contributed by atoms with E-state index in [-0.39, 0.29) is 23.0 Å². The third kappa shape index (κ3) is 6.08. The van der Waals surface area contributed by atoms with Crippen molar-refractivity contribution in [1.29, 1.82) is 0 Å². The van der Waals surface area contributed by atoms with E-state index in [1.165, 1.54) is 18.2 Å². The fourth-order valence-corrected chi connectivity index (χ4v) is 3.88. The van der Waals surface area contributed by atoms with Crippen LogP contribution in [0.3, 0.4) is 0 Å². The second kappa shape index (κ2) is 9.53. The number of carboxylic acids is 1. The number of aromatic carboxylic acids is 1. The standard InChI is InChI=1S/C20H26N2O4S/c1-3-7-15(2)22-19-11-10-17(14-18(19)20(23)24)27(25,26)21-13-12-16-8-5-4-6-9-16/h4-6,8-11,14-15,21-22H,3,7,12-13H2,1-2H3,(H,23,24). The molecule has 0 saturated carbocycles. The zero-order valence-corrected chi connectivity index (χ0v) is 16.4. The van der Waals surface area contributed by atoms with E-state index in [9.17, 15) is 18.3 Å². The van der Waals surface area contributed by atoms with Crippen LogP contribution in [-0.4, -0.2) is 32.1 Å². The van der Waals surface area contributed by atoms with Crippen molar-refractivity contribution in [2.75, 3.05) is 11.9 Å². The van der Waals surface area contributed by atoms with E-state index >= 15 is 0 Å². The predicted octanol–water partition coefficient (Wildman–Crippen LogP) is 3.51. The molecule has 7 heteroatoms. The molecule has 2 aromatic rings. The molecule has 0 aromatic heterocycles. The van der Waals surface area contributed by atoms with Gasteiger partial charge in [-0.2, -0.15) is 0 Å². The molecule has 2 rings (SSSR count). The van der Waals surface area contributed by atoms with Crippen molar-refractivity contribution < 1.29 is 18.3 Å². The fraction of sp³-hybridized carbons (Fsp3) is 0.350. The highest BCUT2D eigenvalue weighted by Crippen LogP contribution is 2.22. The molecule has 0 amide bonds. The molecule has 0 bridgehead atoms. The van der Waals surface area contributed by atoms with Crippen LogP contribution in [0.25, 0.3) is 0 Å². The summed E-state index contributed by atoms with van der Waals surface area (Å²) >= 11 is 0. The van der Waals surface area contributed by atoms with Crippen molar-refractivity contribution in [3.8, 4) is 0 Å². The number of sulfonamides is 1. The first kappa shape index (κ1) is 20.9. The fourth-order valence-electron chi connectivity index (χ4n) is 2.82. The Labute approximate surface area is 160 Å². The van der Waals surface area contributed by atoms with Gasteiger partial charge < -0.3 is 10.4 Å². The highest BCUT2D eigenvalue weighted by atomic mass is 32.2. The topological polar surface area (TPSA) is 95.5 Å². The van der Waals surface area contributed by atoms with E-state index in [0.717, 1.165) is 18.4 Å². The van der Waals surface area contributed by atoms with Crippen LogP contribution < -0.4 is 10.0 Å². The van der Waals surface area contributed by atoms with E-state index < -0.39 is 16.0 Å². The maximum atomic E-state index is 12.5. The zero-order chi connectivity index (χ0) is 19.9. The molecular weight excluding hydrogens is 364 g/mol. The molecular formula is C20H26N2O4S. The highest BCUT2D eigenvalue weighted by molar-refractivity contribution is 7.89. The minimum Gasteiger partial charge on any atom is -0.478 e. The summed E-state index contributed by atoms with van der Waals surface area (Å²) in [7, 11) is -3.78. The van der Waals surface area contributed by atoms with Gasteiger partial charge in [0.15, 0.2) is 0 Å². The van der Waals surface area contributed by atoms with Gasteiger partial charge in [0, 0.05) is 18.3 Å². The van der Waals surface area contributed by atoms with Gasteiger partial charge in [-0.3, -0.25) is 0 Å². The molecule has 0 heterocycles. The second-order valence-electron chi connectivity index (χ2n) is 6.48. The van der Waals surface area contributed by atoms with Crippen molar-refractivity contribution >= 4 is 21.7 Å². The molecule has 2 aromatic carbocycles. The van der Waals surface area contributed by atoms with Crippen LogP contribution in [0.15, 0.2) is 53.4 Å². The van der Waals surface area contributed by atoms with Gasteiger partial charge in [-0.15, -0.1) is 0 Å². The molecule has 1 atom stereocenters. The normalized spacial score (nSPS) is 12.5. The van der Waals surface area contributed by atoms with Crippen LogP contribution in [-0.2, 0) is 16.4 Å². The lowest BCUT2D eigenvalue weighted by Gasteiger charge is -2.17. The van der Waals surface area contributed by atoms with Gasteiger partial charge in [0.2, 0.25) is 10.0 Å². The average Bonchev–Trinajstić information content (AvgIpc) is 2.62. The van der Waals surface area contributed by atoms with E-state index in [2.05, 4.69) is 10.0 Å². The smallest absolute Gasteiger partial charge is 0.337 e. The quantitative estimate of drug-likeness (QED) is 0.577. The largest absolute Gasteiger partial charge is 0.478 e. The third-order valence-corrected chi connectivity index (χ3v) is 5.66. The Morgan fingerprint density at radius 1 is 1.15 bits per heavy atom. The molecule has 1 unspecified atom stereocenters. The van der Waals surface area contributed by atoms with E-state index in [0.29, 0.717) is 12.1 Å². The lowest BCUT2D eigenvalue weighted by Crippen LogP contribution is -2.26. The van der Waals surface area contributed by atoms with Crippen molar-refractivity contribution in [2.24, 2.45) is 0 Å². The molecule has 0 radical (unpaired) electrons. The third-order valence-electron chi connectivity index (χ3n) is 4.20. The van der Waals surface area contributed by atoms with Crippen LogP contribution in [0.4, 0.5) is 5.69 Å². The summed E-state index contributed by atoms with van der Waals surface area (Å²) in [4.78, 5) is 11.5. The minimum atomic E-state index is -3.78. The van der Waals surface area contributed by atoms with Crippen LogP contribution in [0.5, 0.6) is 0 Å². The molecule has 0 spiro atoms.